The molecule has 0 radical (unpaired) electrons. The molecule has 2 saturated heterocycles. The van der Waals surface area contributed by atoms with Crippen LogP contribution >= 0.6 is 0 Å². The first kappa shape index (κ1) is 8.97. The van der Waals surface area contributed by atoms with Crippen LogP contribution in [0, 0.1) is 0 Å². The van der Waals surface area contributed by atoms with Gasteiger partial charge in [0.2, 0.25) is 0 Å². The molecule has 0 aromatic heterocycles. The zero-order valence-corrected chi connectivity index (χ0v) is 7.53. The predicted octanol–water partition coefficient (Wildman–Crippen LogP) is 0.845. The number of esters is 1. The van der Waals surface area contributed by atoms with Gasteiger partial charge in [-0.05, 0) is 19.3 Å². The van der Waals surface area contributed by atoms with Crippen LogP contribution in [0.5, 0.6) is 0 Å². The summed E-state index contributed by atoms with van der Waals surface area (Å²) in [6.45, 7) is 1.16. The third-order valence-corrected chi connectivity index (χ3v) is 2.31. The largest absolute Gasteiger partial charge is 0.463 e. The van der Waals surface area contributed by atoms with E-state index in [-0.39, 0.29) is 18.4 Å². The fourth-order valence-corrected chi connectivity index (χ4v) is 1.61. The molecule has 0 N–H and O–H groups in total. The highest BCUT2D eigenvalue weighted by Gasteiger charge is 2.28. The van der Waals surface area contributed by atoms with Gasteiger partial charge in [-0.15, -0.1) is 0 Å². The van der Waals surface area contributed by atoms with Crippen LogP contribution in [-0.2, 0) is 19.0 Å². The van der Waals surface area contributed by atoms with Crippen molar-refractivity contribution in [2.75, 3.05) is 13.2 Å². The molecule has 0 aromatic rings. The minimum atomic E-state index is -0.166. The van der Waals surface area contributed by atoms with E-state index < -0.39 is 0 Å². The molecular formula is C9H14O4. The zero-order chi connectivity index (χ0) is 9.10. The number of hydrogen-bond acceptors (Lipinski definition) is 4. The van der Waals surface area contributed by atoms with E-state index in [1.165, 1.54) is 0 Å². The Morgan fingerprint density at radius 1 is 1.38 bits per heavy atom. The van der Waals surface area contributed by atoms with E-state index in [1.807, 2.05) is 0 Å². The summed E-state index contributed by atoms with van der Waals surface area (Å²) < 4.78 is 15.7. The van der Waals surface area contributed by atoms with Gasteiger partial charge in [0.15, 0.2) is 6.29 Å². The summed E-state index contributed by atoms with van der Waals surface area (Å²) in [5.74, 6) is -0.166. The number of ether oxygens (including phenoxy) is 3. The second-order valence-corrected chi connectivity index (χ2v) is 3.44. The first-order chi connectivity index (χ1) is 6.34. The van der Waals surface area contributed by atoms with Crippen LogP contribution in [0.2, 0.25) is 0 Å². The molecule has 0 bridgehead atoms. The normalized spacial score (nSPS) is 34.6. The summed E-state index contributed by atoms with van der Waals surface area (Å²) in [5.41, 5.74) is 0. The Balaban J connectivity index is 1.73. The quantitative estimate of drug-likeness (QED) is 0.599. The highest BCUT2D eigenvalue weighted by atomic mass is 16.7. The number of carbonyl (C=O) groups excluding carboxylic acids is 1. The molecule has 0 amide bonds. The Bertz CT molecular complexity index is 186. The highest BCUT2D eigenvalue weighted by molar-refractivity contribution is 5.71. The SMILES string of the molecule is O=C1CC(OC2CCCCO2)CO1. The average molecular weight is 186 g/mol. The van der Waals surface area contributed by atoms with Gasteiger partial charge >= 0.3 is 5.97 Å². The van der Waals surface area contributed by atoms with Crippen molar-refractivity contribution < 1.29 is 19.0 Å². The van der Waals surface area contributed by atoms with Crippen molar-refractivity contribution in [1.29, 1.82) is 0 Å². The van der Waals surface area contributed by atoms with E-state index in [0.717, 1.165) is 25.9 Å². The molecule has 4 heteroatoms. The van der Waals surface area contributed by atoms with E-state index in [2.05, 4.69) is 0 Å². The molecule has 2 unspecified atom stereocenters. The average Bonchev–Trinajstić information content (AvgIpc) is 2.53. The molecule has 2 fully saturated rings. The van der Waals surface area contributed by atoms with Gasteiger partial charge in [-0.1, -0.05) is 0 Å². The molecule has 13 heavy (non-hydrogen) atoms. The molecule has 2 aliphatic heterocycles. The monoisotopic (exact) mass is 186 g/mol. The Kier molecular flexibility index (Phi) is 2.80. The molecule has 2 heterocycles. The predicted molar refractivity (Wildman–Crippen MR) is 44.0 cm³/mol. The second-order valence-electron chi connectivity index (χ2n) is 3.44. The fourth-order valence-electron chi connectivity index (χ4n) is 1.61. The van der Waals surface area contributed by atoms with Crippen LogP contribution in [0.15, 0.2) is 0 Å². The molecule has 74 valence electrons. The van der Waals surface area contributed by atoms with E-state index in [1.54, 1.807) is 0 Å². The molecule has 2 atom stereocenters. The lowest BCUT2D eigenvalue weighted by molar-refractivity contribution is -0.186. The first-order valence-corrected chi connectivity index (χ1v) is 4.77. The van der Waals surface area contributed by atoms with Gasteiger partial charge in [0, 0.05) is 6.61 Å². The van der Waals surface area contributed by atoms with Crippen molar-refractivity contribution in [3.05, 3.63) is 0 Å². The van der Waals surface area contributed by atoms with Crippen molar-refractivity contribution in [2.24, 2.45) is 0 Å². The molecular weight excluding hydrogens is 172 g/mol. The Hall–Kier alpha value is -0.610. The maximum atomic E-state index is 10.8. The van der Waals surface area contributed by atoms with E-state index in [9.17, 15) is 4.79 Å². The lowest BCUT2D eigenvalue weighted by atomic mass is 10.2. The summed E-state index contributed by atoms with van der Waals surface area (Å²) in [7, 11) is 0. The number of cyclic esters (lactones) is 1. The molecule has 4 nitrogen and oxygen atoms in total. The Morgan fingerprint density at radius 3 is 2.92 bits per heavy atom. The second kappa shape index (κ2) is 4.07. The molecule has 0 aromatic carbocycles. The van der Waals surface area contributed by atoms with Gasteiger partial charge < -0.3 is 14.2 Å². The fraction of sp³-hybridized carbons (Fsp3) is 0.889. The van der Waals surface area contributed by atoms with Gasteiger partial charge in [0.05, 0.1) is 6.42 Å². The van der Waals surface area contributed by atoms with Crippen molar-refractivity contribution in [2.45, 2.75) is 38.1 Å². The number of carbonyl (C=O) groups is 1. The summed E-state index contributed by atoms with van der Waals surface area (Å²) in [4.78, 5) is 10.8. The lowest BCUT2D eigenvalue weighted by Gasteiger charge is -2.24. The summed E-state index contributed by atoms with van der Waals surface area (Å²) in [5, 5.41) is 0. The maximum absolute atomic E-state index is 10.8. The van der Waals surface area contributed by atoms with E-state index in [0.29, 0.717) is 13.0 Å². The first-order valence-electron chi connectivity index (χ1n) is 4.77. The standard InChI is InChI=1S/C9H14O4/c10-8-5-7(6-12-8)13-9-3-1-2-4-11-9/h7,9H,1-6H2. The molecule has 2 rings (SSSR count). The molecule has 2 aliphatic rings. The smallest absolute Gasteiger partial charge is 0.308 e. The van der Waals surface area contributed by atoms with Crippen molar-refractivity contribution >= 4 is 5.97 Å². The lowest BCUT2D eigenvalue weighted by Crippen LogP contribution is -2.28. The molecule has 0 spiro atoms. The minimum Gasteiger partial charge on any atom is -0.463 e. The minimum absolute atomic E-state index is 0.0874. The maximum Gasteiger partial charge on any atom is 0.308 e. The van der Waals surface area contributed by atoms with E-state index >= 15 is 0 Å². The van der Waals surface area contributed by atoms with Crippen LogP contribution in [0.4, 0.5) is 0 Å². The van der Waals surface area contributed by atoms with E-state index in [4.69, 9.17) is 14.2 Å². The van der Waals surface area contributed by atoms with Gasteiger partial charge in [0.1, 0.15) is 12.7 Å². The summed E-state index contributed by atoms with van der Waals surface area (Å²) in [6, 6.07) is 0. The third kappa shape index (κ3) is 2.42. The van der Waals surface area contributed by atoms with Gasteiger partial charge in [-0.25, -0.2) is 0 Å². The van der Waals surface area contributed by atoms with Crippen molar-refractivity contribution in [1.82, 2.24) is 0 Å². The van der Waals surface area contributed by atoms with Gasteiger partial charge in [-0.2, -0.15) is 0 Å². The Labute approximate surface area is 77.1 Å². The molecule has 0 aliphatic carbocycles. The highest BCUT2D eigenvalue weighted by Crippen LogP contribution is 2.19. The van der Waals surface area contributed by atoms with Crippen LogP contribution in [0.1, 0.15) is 25.7 Å². The van der Waals surface area contributed by atoms with Crippen molar-refractivity contribution in [3.8, 4) is 0 Å². The van der Waals surface area contributed by atoms with Crippen LogP contribution in [-0.4, -0.2) is 31.6 Å². The zero-order valence-electron chi connectivity index (χ0n) is 7.53. The van der Waals surface area contributed by atoms with Crippen LogP contribution < -0.4 is 0 Å². The van der Waals surface area contributed by atoms with Crippen LogP contribution in [0.25, 0.3) is 0 Å². The summed E-state index contributed by atoms with van der Waals surface area (Å²) >= 11 is 0. The van der Waals surface area contributed by atoms with Gasteiger partial charge in [-0.3, -0.25) is 4.79 Å². The topological polar surface area (TPSA) is 44.8 Å². The number of hydrogen-bond donors (Lipinski definition) is 0. The third-order valence-electron chi connectivity index (χ3n) is 2.31. The summed E-state index contributed by atoms with van der Waals surface area (Å²) in [6.07, 6.45) is 3.36. The van der Waals surface area contributed by atoms with Gasteiger partial charge in [0.25, 0.3) is 0 Å². The van der Waals surface area contributed by atoms with Crippen molar-refractivity contribution in [3.63, 3.8) is 0 Å². The number of rotatable bonds is 2. The molecule has 0 saturated carbocycles. The Morgan fingerprint density at radius 2 is 2.31 bits per heavy atom. The van der Waals surface area contributed by atoms with Crippen LogP contribution in [0.3, 0.4) is 0 Å².